The number of anilines is 1. The summed E-state index contributed by atoms with van der Waals surface area (Å²) in [6.45, 7) is 6.23. The summed E-state index contributed by atoms with van der Waals surface area (Å²) in [6.07, 6.45) is 0. The van der Waals surface area contributed by atoms with Gasteiger partial charge in [0.25, 0.3) is 0 Å². The number of halogens is 1. The van der Waals surface area contributed by atoms with Gasteiger partial charge in [0.1, 0.15) is 6.07 Å². The third kappa shape index (κ3) is 2.62. The van der Waals surface area contributed by atoms with Gasteiger partial charge in [0.05, 0.1) is 11.3 Å². The molecule has 0 bridgehead atoms. The average molecular weight is 294 g/mol. The van der Waals surface area contributed by atoms with Crippen molar-refractivity contribution in [2.75, 3.05) is 18.0 Å². The summed E-state index contributed by atoms with van der Waals surface area (Å²) in [5.74, 6) is 0. The van der Waals surface area contributed by atoms with Gasteiger partial charge < -0.3 is 10.2 Å². The van der Waals surface area contributed by atoms with E-state index in [9.17, 15) is 5.26 Å². The van der Waals surface area contributed by atoms with Crippen molar-refractivity contribution in [2.24, 2.45) is 0 Å². The molecule has 1 aliphatic heterocycles. The highest BCUT2D eigenvalue weighted by Crippen LogP contribution is 2.28. The van der Waals surface area contributed by atoms with E-state index >= 15 is 0 Å². The lowest BCUT2D eigenvalue weighted by Gasteiger charge is -2.38. The summed E-state index contributed by atoms with van der Waals surface area (Å²) in [4.78, 5) is 2.29. The first-order chi connectivity index (χ1) is 8.11. The summed E-state index contributed by atoms with van der Waals surface area (Å²) >= 11 is 3.44. The molecule has 90 valence electrons. The zero-order chi connectivity index (χ0) is 12.4. The molecule has 1 saturated heterocycles. The molecule has 3 nitrogen and oxygen atoms in total. The van der Waals surface area contributed by atoms with Crippen LogP contribution < -0.4 is 10.2 Å². The first-order valence-corrected chi connectivity index (χ1v) is 6.60. The minimum Gasteiger partial charge on any atom is -0.367 e. The van der Waals surface area contributed by atoms with E-state index in [1.807, 2.05) is 18.2 Å². The molecule has 2 rings (SSSR count). The van der Waals surface area contributed by atoms with Gasteiger partial charge in [0.15, 0.2) is 0 Å². The molecule has 1 aromatic rings. The molecule has 0 amide bonds. The molecule has 0 aromatic heterocycles. The fourth-order valence-electron chi connectivity index (χ4n) is 2.41. The normalized spacial score (nSPS) is 24.5. The number of benzene rings is 1. The highest BCUT2D eigenvalue weighted by Gasteiger charge is 2.23. The molecule has 2 atom stereocenters. The van der Waals surface area contributed by atoms with E-state index in [0.717, 1.165) is 28.8 Å². The largest absolute Gasteiger partial charge is 0.367 e. The van der Waals surface area contributed by atoms with E-state index in [2.05, 4.69) is 46.1 Å². The zero-order valence-electron chi connectivity index (χ0n) is 10.1. The number of piperazine rings is 1. The van der Waals surface area contributed by atoms with Crippen LogP contribution in [0.4, 0.5) is 5.69 Å². The van der Waals surface area contributed by atoms with Crippen LogP contribution in [0.3, 0.4) is 0 Å². The van der Waals surface area contributed by atoms with Crippen molar-refractivity contribution in [3.05, 3.63) is 28.2 Å². The molecule has 1 aromatic carbocycles. The predicted molar refractivity (Wildman–Crippen MR) is 73.1 cm³/mol. The van der Waals surface area contributed by atoms with Crippen molar-refractivity contribution >= 4 is 21.6 Å². The average Bonchev–Trinajstić information content (AvgIpc) is 2.27. The Balaban J connectivity index is 2.34. The van der Waals surface area contributed by atoms with Crippen molar-refractivity contribution in [1.29, 1.82) is 5.26 Å². The predicted octanol–water partition coefficient (Wildman–Crippen LogP) is 2.51. The number of hydrogen-bond acceptors (Lipinski definition) is 3. The van der Waals surface area contributed by atoms with Crippen molar-refractivity contribution in [3.63, 3.8) is 0 Å². The highest BCUT2D eigenvalue weighted by molar-refractivity contribution is 9.10. The number of nitrogens with zero attached hydrogens (tertiary/aromatic N) is 2. The van der Waals surface area contributed by atoms with Crippen LogP contribution in [0.15, 0.2) is 22.7 Å². The van der Waals surface area contributed by atoms with Crippen molar-refractivity contribution in [1.82, 2.24) is 5.32 Å². The van der Waals surface area contributed by atoms with Gasteiger partial charge in [-0.05, 0) is 41.9 Å². The molecule has 2 unspecified atom stereocenters. The molecular formula is C13H16BrN3. The van der Waals surface area contributed by atoms with Crippen LogP contribution in [-0.2, 0) is 0 Å². The van der Waals surface area contributed by atoms with Crippen LogP contribution in [0.5, 0.6) is 0 Å². The minimum absolute atomic E-state index is 0.448. The Morgan fingerprint density at radius 3 is 2.59 bits per heavy atom. The molecule has 0 radical (unpaired) electrons. The summed E-state index contributed by atoms with van der Waals surface area (Å²) in [5, 5.41) is 12.7. The lowest BCUT2D eigenvalue weighted by Crippen LogP contribution is -2.54. The second kappa shape index (κ2) is 5.07. The Morgan fingerprint density at radius 2 is 2.00 bits per heavy atom. The van der Waals surface area contributed by atoms with Crippen molar-refractivity contribution in [2.45, 2.75) is 25.9 Å². The van der Waals surface area contributed by atoms with Crippen LogP contribution >= 0.6 is 15.9 Å². The molecule has 0 aliphatic carbocycles. The van der Waals surface area contributed by atoms with Gasteiger partial charge in [-0.2, -0.15) is 5.26 Å². The topological polar surface area (TPSA) is 39.1 Å². The molecule has 0 saturated carbocycles. The fraction of sp³-hybridized carbons (Fsp3) is 0.462. The quantitative estimate of drug-likeness (QED) is 0.865. The molecule has 1 aliphatic rings. The maximum atomic E-state index is 9.24. The molecule has 17 heavy (non-hydrogen) atoms. The third-order valence-corrected chi connectivity index (χ3v) is 3.66. The molecular weight excluding hydrogens is 278 g/mol. The highest BCUT2D eigenvalue weighted by atomic mass is 79.9. The number of hydrogen-bond donors (Lipinski definition) is 1. The Kier molecular flexibility index (Phi) is 3.70. The van der Waals surface area contributed by atoms with E-state index in [1.165, 1.54) is 0 Å². The monoisotopic (exact) mass is 293 g/mol. The summed E-state index contributed by atoms with van der Waals surface area (Å²) in [7, 11) is 0. The lowest BCUT2D eigenvalue weighted by atomic mass is 10.1. The van der Waals surface area contributed by atoms with Gasteiger partial charge in [0.2, 0.25) is 0 Å². The van der Waals surface area contributed by atoms with Gasteiger partial charge in [-0.1, -0.05) is 6.07 Å². The van der Waals surface area contributed by atoms with Gasteiger partial charge in [-0.3, -0.25) is 0 Å². The first-order valence-electron chi connectivity index (χ1n) is 5.81. The Labute approximate surface area is 111 Å². The van der Waals surface area contributed by atoms with E-state index in [1.54, 1.807) is 0 Å². The van der Waals surface area contributed by atoms with Gasteiger partial charge in [0, 0.05) is 29.6 Å². The van der Waals surface area contributed by atoms with Crippen LogP contribution in [-0.4, -0.2) is 25.2 Å². The Hall–Kier alpha value is -1.05. The second-order valence-corrected chi connectivity index (χ2v) is 5.47. The van der Waals surface area contributed by atoms with Crippen LogP contribution in [0.25, 0.3) is 0 Å². The molecule has 0 spiro atoms. The molecule has 1 fully saturated rings. The molecule has 1 N–H and O–H groups in total. The van der Waals surface area contributed by atoms with E-state index in [-0.39, 0.29) is 0 Å². The van der Waals surface area contributed by atoms with Crippen LogP contribution in [0, 0.1) is 11.3 Å². The maximum absolute atomic E-state index is 9.24. The Bertz CT molecular complexity index is 442. The summed E-state index contributed by atoms with van der Waals surface area (Å²) in [5.41, 5.74) is 1.76. The lowest BCUT2D eigenvalue weighted by molar-refractivity contribution is 0.407. The van der Waals surface area contributed by atoms with Crippen LogP contribution in [0.1, 0.15) is 19.4 Å². The van der Waals surface area contributed by atoms with Crippen LogP contribution in [0.2, 0.25) is 0 Å². The van der Waals surface area contributed by atoms with Crippen molar-refractivity contribution < 1.29 is 0 Å². The first kappa shape index (κ1) is 12.4. The molecule has 4 heteroatoms. The minimum atomic E-state index is 0.448. The second-order valence-electron chi connectivity index (χ2n) is 4.62. The number of rotatable bonds is 1. The maximum Gasteiger partial charge on any atom is 0.103 e. The summed E-state index contributed by atoms with van der Waals surface area (Å²) in [6, 6.07) is 9.10. The third-order valence-electron chi connectivity index (χ3n) is 3.00. The Morgan fingerprint density at radius 1 is 1.35 bits per heavy atom. The van der Waals surface area contributed by atoms with E-state index < -0.39 is 0 Å². The van der Waals surface area contributed by atoms with Gasteiger partial charge >= 0.3 is 0 Å². The summed E-state index contributed by atoms with van der Waals surface area (Å²) < 4.78 is 0.872. The van der Waals surface area contributed by atoms with Gasteiger partial charge in [-0.15, -0.1) is 0 Å². The van der Waals surface area contributed by atoms with Crippen molar-refractivity contribution in [3.8, 4) is 6.07 Å². The number of nitriles is 1. The van der Waals surface area contributed by atoms with Gasteiger partial charge in [-0.25, -0.2) is 0 Å². The fourth-order valence-corrected chi connectivity index (χ4v) is 2.85. The SMILES string of the molecule is CC1CN(c2cccc(Br)c2C#N)CC(C)N1. The van der Waals surface area contributed by atoms with E-state index in [0.29, 0.717) is 12.1 Å². The molecule has 1 heterocycles. The smallest absolute Gasteiger partial charge is 0.103 e. The standard InChI is InChI=1S/C13H16BrN3/c1-9-7-17(8-10(2)16-9)13-5-3-4-12(14)11(13)6-15/h3-5,9-10,16H,7-8H2,1-2H3. The number of nitrogens with one attached hydrogen (secondary N) is 1. The zero-order valence-corrected chi connectivity index (χ0v) is 11.7. The van der Waals surface area contributed by atoms with E-state index in [4.69, 9.17) is 0 Å².